The fraction of sp³-hybridized carbons (Fsp3) is 0.350. The number of aromatic nitrogens is 1. The third-order valence-electron chi connectivity index (χ3n) is 4.54. The van der Waals surface area contributed by atoms with Crippen LogP contribution in [0.25, 0.3) is 5.69 Å². The van der Waals surface area contributed by atoms with Crippen molar-refractivity contribution in [1.29, 1.82) is 0 Å². The van der Waals surface area contributed by atoms with Crippen molar-refractivity contribution in [2.24, 2.45) is 0 Å². The number of nitrogens with zero attached hydrogens (tertiary/aromatic N) is 2. The van der Waals surface area contributed by atoms with Crippen LogP contribution in [0.3, 0.4) is 0 Å². The molecule has 26 heavy (non-hydrogen) atoms. The van der Waals surface area contributed by atoms with Crippen LogP contribution >= 0.6 is 0 Å². The second-order valence-electron chi connectivity index (χ2n) is 7.50. The molecule has 1 N–H and O–H groups in total. The number of amides is 1. The lowest BCUT2D eigenvalue weighted by molar-refractivity contribution is -0.122. The number of carbonyl (C=O) groups excluding carboxylic acids is 2. The first-order valence-electron chi connectivity index (χ1n) is 8.63. The van der Waals surface area contributed by atoms with E-state index in [0.717, 1.165) is 5.69 Å². The third kappa shape index (κ3) is 3.75. The van der Waals surface area contributed by atoms with Crippen molar-refractivity contribution < 1.29 is 9.59 Å². The molecule has 1 aromatic heterocycles. The highest BCUT2D eigenvalue weighted by Crippen LogP contribution is 2.25. The third-order valence-corrected chi connectivity index (χ3v) is 4.54. The molecular weight excluding hydrogens is 330 g/mol. The lowest BCUT2D eigenvalue weighted by atomic mass is 10.0. The summed E-state index contributed by atoms with van der Waals surface area (Å²) in [6.45, 7) is 6.30. The van der Waals surface area contributed by atoms with E-state index < -0.39 is 6.04 Å². The van der Waals surface area contributed by atoms with Crippen LogP contribution in [0.4, 0.5) is 5.69 Å². The van der Waals surface area contributed by atoms with Crippen molar-refractivity contribution in [3.63, 3.8) is 0 Å². The highest BCUT2D eigenvalue weighted by atomic mass is 16.2. The summed E-state index contributed by atoms with van der Waals surface area (Å²) in [7, 11) is 0. The molecule has 3 rings (SSSR count). The van der Waals surface area contributed by atoms with Gasteiger partial charge in [-0.3, -0.25) is 23.9 Å². The van der Waals surface area contributed by atoms with Crippen molar-refractivity contribution in [3.8, 4) is 5.69 Å². The Bertz CT molecular complexity index is 878. The monoisotopic (exact) mass is 353 g/mol. The van der Waals surface area contributed by atoms with Gasteiger partial charge in [0.1, 0.15) is 5.78 Å². The summed E-state index contributed by atoms with van der Waals surface area (Å²) in [5, 5.41) is 2.88. The molecule has 0 saturated carbocycles. The van der Waals surface area contributed by atoms with Gasteiger partial charge < -0.3 is 5.32 Å². The van der Waals surface area contributed by atoms with E-state index in [9.17, 15) is 14.4 Å². The fourth-order valence-corrected chi connectivity index (χ4v) is 3.20. The minimum Gasteiger partial charge on any atom is -0.325 e. The number of anilines is 1. The summed E-state index contributed by atoms with van der Waals surface area (Å²) >= 11 is 0. The van der Waals surface area contributed by atoms with Gasteiger partial charge in [0.05, 0.1) is 12.6 Å². The molecule has 1 fully saturated rings. The van der Waals surface area contributed by atoms with E-state index in [1.807, 2.05) is 25.7 Å². The Morgan fingerprint density at radius 3 is 2.38 bits per heavy atom. The molecule has 1 saturated heterocycles. The lowest BCUT2D eigenvalue weighted by Crippen LogP contribution is -2.49. The number of benzene rings is 1. The number of likely N-dealkylation sites (tertiary alicyclic amines) is 1. The van der Waals surface area contributed by atoms with Gasteiger partial charge in [0.2, 0.25) is 5.91 Å². The normalized spacial score (nSPS) is 18.1. The maximum Gasteiger partial charge on any atom is 0.255 e. The molecule has 0 bridgehead atoms. The van der Waals surface area contributed by atoms with Crippen LogP contribution in [-0.2, 0) is 9.59 Å². The SMILES string of the molecule is CC(C)(C)N1CC(=O)C[C@@H]1C(=O)Nc1ccc(-n2ccccc2=O)cc1. The molecule has 6 heteroatoms. The van der Waals surface area contributed by atoms with Crippen molar-refractivity contribution in [3.05, 3.63) is 59.0 Å². The molecule has 0 unspecified atom stereocenters. The Hall–Kier alpha value is -2.73. The molecule has 2 aromatic rings. The van der Waals surface area contributed by atoms with Gasteiger partial charge >= 0.3 is 0 Å². The molecule has 1 aliphatic heterocycles. The smallest absolute Gasteiger partial charge is 0.255 e. The van der Waals surface area contributed by atoms with Crippen LogP contribution in [-0.4, -0.2) is 39.3 Å². The number of ketones is 1. The van der Waals surface area contributed by atoms with Crippen LogP contribution in [0.2, 0.25) is 0 Å². The predicted octanol–water partition coefficient (Wildman–Crippen LogP) is 2.22. The van der Waals surface area contributed by atoms with E-state index >= 15 is 0 Å². The Balaban J connectivity index is 1.75. The Morgan fingerprint density at radius 2 is 1.77 bits per heavy atom. The van der Waals surface area contributed by atoms with Crippen LogP contribution < -0.4 is 10.9 Å². The fourth-order valence-electron chi connectivity index (χ4n) is 3.20. The molecule has 0 spiro atoms. The second kappa shape index (κ2) is 6.88. The summed E-state index contributed by atoms with van der Waals surface area (Å²) in [4.78, 5) is 38.3. The first kappa shape index (κ1) is 18.1. The van der Waals surface area contributed by atoms with E-state index in [4.69, 9.17) is 0 Å². The standard InChI is InChI=1S/C20H23N3O3/c1-20(2,3)23-13-16(24)12-17(23)19(26)21-14-7-9-15(10-8-14)22-11-5-4-6-18(22)25/h4-11,17H,12-13H2,1-3H3,(H,21,26)/t17-/m1/s1. The van der Waals surface area contributed by atoms with Crippen LogP contribution in [0.15, 0.2) is 53.5 Å². The summed E-state index contributed by atoms with van der Waals surface area (Å²) < 4.78 is 1.53. The summed E-state index contributed by atoms with van der Waals surface area (Å²) in [6.07, 6.45) is 1.93. The number of nitrogens with one attached hydrogen (secondary N) is 1. The lowest BCUT2D eigenvalue weighted by Gasteiger charge is -2.35. The Kier molecular flexibility index (Phi) is 4.78. The van der Waals surface area contributed by atoms with Crippen molar-refractivity contribution in [1.82, 2.24) is 9.47 Å². The van der Waals surface area contributed by atoms with E-state index in [-0.39, 0.29) is 29.2 Å². The molecular formula is C20H23N3O3. The number of carbonyl (C=O) groups is 2. The molecule has 1 aromatic carbocycles. The molecule has 0 radical (unpaired) electrons. The van der Waals surface area contributed by atoms with E-state index in [2.05, 4.69) is 5.32 Å². The number of Topliss-reactive ketones (excluding diaryl/α,β-unsaturated/α-hetero) is 1. The van der Waals surface area contributed by atoms with Gasteiger partial charge in [-0.15, -0.1) is 0 Å². The van der Waals surface area contributed by atoms with Gasteiger partial charge in [-0.2, -0.15) is 0 Å². The number of pyridine rings is 1. The van der Waals surface area contributed by atoms with Crippen LogP contribution in [0.5, 0.6) is 0 Å². The maximum atomic E-state index is 12.7. The average molecular weight is 353 g/mol. The topological polar surface area (TPSA) is 71.4 Å². The Labute approximate surface area is 152 Å². The zero-order valence-corrected chi connectivity index (χ0v) is 15.2. The van der Waals surface area contributed by atoms with Gasteiger partial charge in [-0.1, -0.05) is 6.07 Å². The quantitative estimate of drug-likeness (QED) is 0.918. The van der Waals surface area contributed by atoms with E-state index in [0.29, 0.717) is 12.2 Å². The van der Waals surface area contributed by atoms with Gasteiger partial charge in [-0.05, 0) is 51.1 Å². The first-order chi connectivity index (χ1) is 12.3. The zero-order valence-electron chi connectivity index (χ0n) is 15.2. The second-order valence-corrected chi connectivity index (χ2v) is 7.50. The average Bonchev–Trinajstić information content (AvgIpc) is 2.99. The summed E-state index contributed by atoms with van der Waals surface area (Å²) in [5.41, 5.74) is 0.985. The minimum absolute atomic E-state index is 0.0823. The van der Waals surface area contributed by atoms with Crippen LogP contribution in [0.1, 0.15) is 27.2 Å². The molecule has 1 amide bonds. The number of hydrogen-bond donors (Lipinski definition) is 1. The van der Waals surface area contributed by atoms with Gasteiger partial charge in [0.15, 0.2) is 0 Å². The molecule has 1 atom stereocenters. The summed E-state index contributed by atoms with van der Waals surface area (Å²) in [6, 6.07) is 11.6. The summed E-state index contributed by atoms with van der Waals surface area (Å²) in [5.74, 6) is -0.103. The van der Waals surface area contributed by atoms with Crippen molar-refractivity contribution in [2.75, 3.05) is 11.9 Å². The van der Waals surface area contributed by atoms with Gasteiger partial charge in [0, 0.05) is 35.6 Å². The number of rotatable bonds is 3. The zero-order chi connectivity index (χ0) is 18.9. The van der Waals surface area contributed by atoms with Crippen molar-refractivity contribution >= 4 is 17.4 Å². The van der Waals surface area contributed by atoms with Crippen molar-refractivity contribution in [2.45, 2.75) is 38.8 Å². The van der Waals surface area contributed by atoms with Crippen LogP contribution in [0, 0.1) is 0 Å². The van der Waals surface area contributed by atoms with Gasteiger partial charge in [-0.25, -0.2) is 0 Å². The molecule has 2 heterocycles. The van der Waals surface area contributed by atoms with E-state index in [1.54, 1.807) is 42.6 Å². The van der Waals surface area contributed by atoms with Gasteiger partial charge in [0.25, 0.3) is 5.56 Å². The Morgan fingerprint density at radius 1 is 1.08 bits per heavy atom. The molecule has 136 valence electrons. The minimum atomic E-state index is -0.459. The largest absolute Gasteiger partial charge is 0.325 e. The first-order valence-corrected chi connectivity index (χ1v) is 8.63. The molecule has 6 nitrogen and oxygen atoms in total. The predicted molar refractivity (Wildman–Crippen MR) is 101 cm³/mol. The molecule has 1 aliphatic rings. The highest BCUT2D eigenvalue weighted by molar-refractivity contribution is 6.00. The highest BCUT2D eigenvalue weighted by Gasteiger charge is 2.41. The molecule has 0 aliphatic carbocycles. The number of hydrogen-bond acceptors (Lipinski definition) is 4. The maximum absolute atomic E-state index is 12.7. The van der Waals surface area contributed by atoms with E-state index in [1.165, 1.54) is 10.6 Å².